The quantitative estimate of drug-likeness (QED) is 0.610. The van der Waals surface area contributed by atoms with Crippen molar-refractivity contribution in [1.82, 2.24) is 10.3 Å². The van der Waals surface area contributed by atoms with E-state index in [0.29, 0.717) is 11.2 Å². The molecule has 0 saturated carbocycles. The fourth-order valence-electron chi connectivity index (χ4n) is 0.730. The number of carboxylic acid groups (broad SMARTS) is 1. The molecular formula is C7H8N2O2S. The Balaban J connectivity index is 2.59. The Kier molecular flexibility index (Phi) is 2.82. The Morgan fingerprint density at radius 3 is 2.92 bits per heavy atom. The molecule has 5 heteroatoms. The van der Waals surface area contributed by atoms with E-state index in [-0.39, 0.29) is 0 Å². The third-order valence-electron chi connectivity index (χ3n) is 1.29. The largest absolute Gasteiger partial charge is 0.465 e. The molecule has 0 aromatic carbocycles. The molecule has 1 heterocycles. The van der Waals surface area contributed by atoms with Gasteiger partial charge in [0, 0.05) is 12.7 Å². The average molecular weight is 184 g/mol. The van der Waals surface area contributed by atoms with Crippen molar-refractivity contribution in [2.24, 2.45) is 0 Å². The van der Waals surface area contributed by atoms with Crippen LogP contribution in [0.1, 0.15) is 5.56 Å². The van der Waals surface area contributed by atoms with E-state index in [1.54, 1.807) is 18.3 Å². The van der Waals surface area contributed by atoms with Crippen LogP contribution in [0.5, 0.6) is 0 Å². The lowest BCUT2D eigenvalue weighted by molar-refractivity contribution is 0.194. The molecule has 1 rings (SSSR count). The maximum atomic E-state index is 10.1. The Morgan fingerprint density at radius 2 is 2.42 bits per heavy atom. The molecule has 0 fully saturated rings. The van der Waals surface area contributed by atoms with Crippen LogP contribution in [0.3, 0.4) is 0 Å². The Bertz CT molecular complexity index is 314. The lowest BCUT2D eigenvalue weighted by Crippen LogP contribution is -2.19. The number of hydrogen-bond donors (Lipinski definition) is 3. The zero-order chi connectivity index (χ0) is 8.97. The van der Waals surface area contributed by atoms with Crippen LogP contribution >= 0.6 is 12.2 Å². The highest BCUT2D eigenvalue weighted by Gasteiger charge is 1.94. The molecule has 0 saturated heterocycles. The molecule has 1 aromatic heterocycles. The monoisotopic (exact) mass is 184 g/mol. The van der Waals surface area contributed by atoms with E-state index >= 15 is 0 Å². The SMILES string of the molecule is O=C(O)NCc1ccc(=S)[nH]c1. The first-order chi connectivity index (χ1) is 5.68. The molecule has 0 bridgehead atoms. The number of amides is 1. The molecule has 0 unspecified atom stereocenters. The maximum Gasteiger partial charge on any atom is 0.404 e. The molecule has 1 aromatic rings. The Labute approximate surface area is 74.2 Å². The van der Waals surface area contributed by atoms with Gasteiger partial charge < -0.3 is 15.4 Å². The van der Waals surface area contributed by atoms with Crippen LogP contribution in [-0.2, 0) is 6.54 Å². The number of aromatic amines is 1. The molecule has 0 spiro atoms. The van der Waals surface area contributed by atoms with Gasteiger partial charge in [-0.2, -0.15) is 0 Å². The zero-order valence-corrected chi connectivity index (χ0v) is 7.02. The van der Waals surface area contributed by atoms with E-state index in [2.05, 4.69) is 10.3 Å². The van der Waals surface area contributed by atoms with Crippen LogP contribution < -0.4 is 5.32 Å². The fourth-order valence-corrected chi connectivity index (χ4v) is 0.857. The van der Waals surface area contributed by atoms with E-state index in [1.807, 2.05) is 0 Å². The van der Waals surface area contributed by atoms with Gasteiger partial charge in [0.15, 0.2) is 0 Å². The Hall–Kier alpha value is -1.36. The molecule has 0 atom stereocenters. The smallest absolute Gasteiger partial charge is 0.404 e. The highest BCUT2D eigenvalue weighted by atomic mass is 32.1. The minimum Gasteiger partial charge on any atom is -0.465 e. The molecule has 4 nitrogen and oxygen atoms in total. The van der Waals surface area contributed by atoms with E-state index < -0.39 is 6.09 Å². The number of nitrogens with one attached hydrogen (secondary N) is 2. The van der Waals surface area contributed by atoms with Crippen molar-refractivity contribution in [3.05, 3.63) is 28.5 Å². The average Bonchev–Trinajstić information content (AvgIpc) is 2.03. The fraction of sp³-hybridized carbons (Fsp3) is 0.143. The standard InChI is InChI=1S/C7H8N2O2S/c10-7(11)9-4-5-1-2-6(12)8-3-5/h1-3,9H,4H2,(H,8,12)(H,10,11). The molecule has 1 amide bonds. The summed E-state index contributed by atoms with van der Waals surface area (Å²) in [5.74, 6) is 0. The number of aromatic nitrogens is 1. The second-order valence-electron chi connectivity index (χ2n) is 2.22. The number of pyridine rings is 1. The first kappa shape index (κ1) is 8.73. The summed E-state index contributed by atoms with van der Waals surface area (Å²) in [4.78, 5) is 12.9. The highest BCUT2D eigenvalue weighted by Crippen LogP contribution is 1.95. The highest BCUT2D eigenvalue weighted by molar-refractivity contribution is 7.71. The van der Waals surface area contributed by atoms with Crippen molar-refractivity contribution < 1.29 is 9.90 Å². The molecule has 0 radical (unpaired) electrons. The van der Waals surface area contributed by atoms with Gasteiger partial charge in [0.1, 0.15) is 4.64 Å². The first-order valence-corrected chi connectivity index (χ1v) is 3.74. The topological polar surface area (TPSA) is 65.1 Å². The number of rotatable bonds is 2. The predicted molar refractivity (Wildman–Crippen MR) is 46.5 cm³/mol. The van der Waals surface area contributed by atoms with Gasteiger partial charge in [0.25, 0.3) is 0 Å². The van der Waals surface area contributed by atoms with Gasteiger partial charge >= 0.3 is 6.09 Å². The molecular weight excluding hydrogens is 176 g/mol. The molecule has 3 N–H and O–H groups in total. The summed E-state index contributed by atoms with van der Waals surface area (Å²) in [7, 11) is 0. The van der Waals surface area contributed by atoms with Gasteiger partial charge in [-0.3, -0.25) is 0 Å². The van der Waals surface area contributed by atoms with E-state index in [9.17, 15) is 4.79 Å². The van der Waals surface area contributed by atoms with Crippen LogP contribution in [0.4, 0.5) is 4.79 Å². The van der Waals surface area contributed by atoms with E-state index in [1.165, 1.54) is 0 Å². The summed E-state index contributed by atoms with van der Waals surface area (Å²) in [5.41, 5.74) is 0.853. The van der Waals surface area contributed by atoms with E-state index in [0.717, 1.165) is 5.56 Å². The lowest BCUT2D eigenvalue weighted by atomic mass is 10.3. The lowest BCUT2D eigenvalue weighted by Gasteiger charge is -1.99. The number of hydrogen-bond acceptors (Lipinski definition) is 2. The maximum absolute atomic E-state index is 10.1. The van der Waals surface area contributed by atoms with Gasteiger partial charge in [-0.1, -0.05) is 18.3 Å². The summed E-state index contributed by atoms with van der Waals surface area (Å²) in [6, 6.07) is 3.49. The van der Waals surface area contributed by atoms with Crippen molar-refractivity contribution in [2.45, 2.75) is 6.54 Å². The van der Waals surface area contributed by atoms with Gasteiger partial charge in [0.2, 0.25) is 0 Å². The van der Waals surface area contributed by atoms with Crippen LogP contribution in [-0.4, -0.2) is 16.2 Å². The minimum atomic E-state index is -1.03. The van der Waals surface area contributed by atoms with E-state index in [4.69, 9.17) is 17.3 Å². The van der Waals surface area contributed by atoms with Crippen molar-refractivity contribution >= 4 is 18.3 Å². The van der Waals surface area contributed by atoms with Crippen molar-refractivity contribution in [2.75, 3.05) is 0 Å². The van der Waals surface area contributed by atoms with Gasteiger partial charge in [-0.25, -0.2) is 4.79 Å². The van der Waals surface area contributed by atoms with Crippen molar-refractivity contribution in [3.63, 3.8) is 0 Å². The first-order valence-electron chi connectivity index (χ1n) is 3.33. The molecule has 0 aliphatic carbocycles. The molecule has 0 aliphatic rings. The van der Waals surface area contributed by atoms with Crippen LogP contribution in [0, 0.1) is 4.64 Å². The summed E-state index contributed by atoms with van der Waals surface area (Å²) in [5, 5.41) is 10.5. The second-order valence-corrected chi connectivity index (χ2v) is 2.66. The van der Waals surface area contributed by atoms with Crippen LogP contribution in [0.15, 0.2) is 18.3 Å². The molecule has 64 valence electrons. The zero-order valence-electron chi connectivity index (χ0n) is 6.20. The third kappa shape index (κ3) is 2.71. The van der Waals surface area contributed by atoms with Crippen molar-refractivity contribution in [1.29, 1.82) is 0 Å². The summed E-state index contributed by atoms with van der Waals surface area (Å²) < 4.78 is 0.633. The normalized spacial score (nSPS) is 9.33. The molecule has 12 heavy (non-hydrogen) atoms. The minimum absolute atomic E-state index is 0.293. The van der Waals surface area contributed by atoms with Crippen LogP contribution in [0.2, 0.25) is 0 Å². The summed E-state index contributed by atoms with van der Waals surface area (Å²) in [6.07, 6.45) is 0.649. The molecule has 0 aliphatic heterocycles. The predicted octanol–water partition coefficient (Wildman–Crippen LogP) is 1.51. The second kappa shape index (κ2) is 3.87. The summed E-state index contributed by atoms with van der Waals surface area (Å²) in [6.45, 7) is 0.293. The number of H-pyrrole nitrogens is 1. The van der Waals surface area contributed by atoms with Crippen molar-refractivity contribution in [3.8, 4) is 0 Å². The summed E-state index contributed by atoms with van der Waals surface area (Å²) >= 11 is 4.82. The van der Waals surface area contributed by atoms with Gasteiger partial charge in [0.05, 0.1) is 0 Å². The Morgan fingerprint density at radius 1 is 1.67 bits per heavy atom. The van der Waals surface area contributed by atoms with Gasteiger partial charge in [-0.05, 0) is 11.6 Å². The third-order valence-corrected chi connectivity index (χ3v) is 1.55. The number of carbonyl (C=O) groups is 1. The van der Waals surface area contributed by atoms with Crippen LogP contribution in [0.25, 0.3) is 0 Å². The van der Waals surface area contributed by atoms with Gasteiger partial charge in [-0.15, -0.1) is 0 Å².